The predicted molar refractivity (Wildman–Crippen MR) is 124 cm³/mol. The lowest BCUT2D eigenvalue weighted by atomic mass is 10.3. The fourth-order valence-corrected chi connectivity index (χ4v) is 3.85. The number of halogens is 1. The van der Waals surface area contributed by atoms with Crippen molar-refractivity contribution in [1.29, 1.82) is 0 Å². The van der Waals surface area contributed by atoms with Crippen molar-refractivity contribution in [3.63, 3.8) is 0 Å². The minimum absolute atomic E-state index is 0. The van der Waals surface area contributed by atoms with Gasteiger partial charge in [-0.1, -0.05) is 36.4 Å². The first kappa shape index (κ1) is 24.2. The Morgan fingerprint density at radius 1 is 1.07 bits per heavy atom. The van der Waals surface area contributed by atoms with Gasteiger partial charge in [0.15, 0.2) is 15.8 Å². The number of nitrogens with one attached hydrogen (secondary N) is 1. The molecule has 0 saturated carbocycles. The second-order valence-electron chi connectivity index (χ2n) is 6.04. The Kier molecular flexibility index (Phi) is 10.9. The van der Waals surface area contributed by atoms with Crippen LogP contribution in [0.3, 0.4) is 0 Å². The molecule has 6 nitrogen and oxygen atoms in total. The highest BCUT2D eigenvalue weighted by atomic mass is 127. The predicted octanol–water partition coefficient (Wildman–Crippen LogP) is 3.05. The highest BCUT2D eigenvalue weighted by Gasteiger charge is 2.13. The summed E-state index contributed by atoms with van der Waals surface area (Å²) in [6.07, 6.45) is 0.505. The Balaban J connectivity index is 0.00000392. The number of sulfone groups is 1. The molecule has 2 aromatic rings. The molecule has 0 atom stereocenters. The number of hydrogen-bond acceptors (Lipinski definition) is 4. The maximum atomic E-state index is 12.3. The van der Waals surface area contributed by atoms with E-state index in [0.29, 0.717) is 37.0 Å². The molecule has 0 bridgehead atoms. The minimum atomic E-state index is -3.24. The number of nitrogens with zero attached hydrogens (tertiary/aromatic N) is 2. The molecule has 0 fully saturated rings. The number of hydrogen-bond donors (Lipinski definition) is 1. The Hall–Kier alpha value is -1.81. The van der Waals surface area contributed by atoms with Crippen molar-refractivity contribution >= 4 is 39.8 Å². The first-order valence-electron chi connectivity index (χ1n) is 8.90. The standard InChI is InChI=1S/C20H27N3O3S.HI/c1-21-20(23(2)15-16-26-18-10-5-3-6-11-18)22-14-9-17-27(24,25)19-12-7-4-8-13-19;/h3-8,10-13H,9,14-17H2,1-2H3,(H,21,22);1H. The van der Waals surface area contributed by atoms with Gasteiger partial charge in [0.25, 0.3) is 0 Å². The van der Waals surface area contributed by atoms with E-state index in [1.54, 1.807) is 31.3 Å². The van der Waals surface area contributed by atoms with Crippen LogP contribution in [0.25, 0.3) is 0 Å². The monoisotopic (exact) mass is 517 g/mol. The molecule has 2 rings (SSSR count). The van der Waals surface area contributed by atoms with Gasteiger partial charge in [0, 0.05) is 20.6 Å². The zero-order chi connectivity index (χ0) is 19.5. The number of para-hydroxylation sites is 1. The molecule has 0 spiro atoms. The average molecular weight is 517 g/mol. The molecule has 0 aromatic heterocycles. The van der Waals surface area contributed by atoms with Gasteiger partial charge >= 0.3 is 0 Å². The third kappa shape index (κ3) is 8.05. The van der Waals surface area contributed by atoms with Gasteiger partial charge < -0.3 is 15.0 Å². The summed E-state index contributed by atoms with van der Waals surface area (Å²) in [5, 5.41) is 3.20. The smallest absolute Gasteiger partial charge is 0.193 e. The third-order valence-electron chi connectivity index (χ3n) is 3.99. The maximum Gasteiger partial charge on any atom is 0.193 e. The Morgan fingerprint density at radius 3 is 2.29 bits per heavy atom. The van der Waals surface area contributed by atoms with Gasteiger partial charge in [-0.05, 0) is 30.7 Å². The van der Waals surface area contributed by atoms with Gasteiger partial charge in [-0.3, -0.25) is 4.99 Å². The summed E-state index contributed by atoms with van der Waals surface area (Å²) < 4.78 is 30.2. The van der Waals surface area contributed by atoms with Gasteiger partial charge in [-0.25, -0.2) is 8.42 Å². The van der Waals surface area contributed by atoms with Crippen molar-refractivity contribution in [1.82, 2.24) is 10.2 Å². The third-order valence-corrected chi connectivity index (χ3v) is 5.80. The van der Waals surface area contributed by atoms with Crippen LogP contribution in [0.1, 0.15) is 6.42 Å². The van der Waals surface area contributed by atoms with E-state index < -0.39 is 9.84 Å². The fraction of sp³-hybridized carbons (Fsp3) is 0.350. The van der Waals surface area contributed by atoms with Crippen LogP contribution >= 0.6 is 24.0 Å². The van der Waals surface area contributed by atoms with Gasteiger partial charge in [0.1, 0.15) is 12.4 Å². The summed E-state index contributed by atoms with van der Waals surface area (Å²) in [5.41, 5.74) is 0. The summed E-state index contributed by atoms with van der Waals surface area (Å²) >= 11 is 0. The van der Waals surface area contributed by atoms with Crippen LogP contribution in [-0.4, -0.2) is 58.8 Å². The lowest BCUT2D eigenvalue weighted by Gasteiger charge is -2.22. The second kappa shape index (κ2) is 12.6. The first-order chi connectivity index (χ1) is 13.0. The average Bonchev–Trinajstić information content (AvgIpc) is 2.69. The van der Waals surface area contributed by atoms with Crippen molar-refractivity contribution in [3.8, 4) is 5.75 Å². The molecule has 0 saturated heterocycles. The molecule has 0 radical (unpaired) electrons. The van der Waals surface area contributed by atoms with Crippen LogP contribution in [0.15, 0.2) is 70.6 Å². The molecule has 0 aliphatic carbocycles. The Bertz CT molecular complexity index is 815. The van der Waals surface area contributed by atoms with Crippen LogP contribution < -0.4 is 10.1 Å². The fourth-order valence-electron chi connectivity index (χ4n) is 2.52. The number of guanidine groups is 1. The zero-order valence-corrected chi connectivity index (χ0v) is 19.4. The van der Waals surface area contributed by atoms with E-state index in [4.69, 9.17) is 4.74 Å². The number of likely N-dealkylation sites (N-methyl/N-ethyl adjacent to an activating group) is 1. The molecule has 2 aromatic carbocycles. The molecule has 8 heteroatoms. The molecular weight excluding hydrogens is 489 g/mol. The first-order valence-corrected chi connectivity index (χ1v) is 10.6. The van der Waals surface area contributed by atoms with E-state index in [1.807, 2.05) is 48.3 Å². The maximum absolute atomic E-state index is 12.3. The molecule has 0 unspecified atom stereocenters. The van der Waals surface area contributed by atoms with Crippen molar-refractivity contribution in [2.75, 3.05) is 39.5 Å². The molecule has 0 aliphatic heterocycles. The molecular formula is C20H28IN3O3S. The largest absolute Gasteiger partial charge is 0.492 e. The Labute approximate surface area is 184 Å². The van der Waals surface area contributed by atoms with Crippen LogP contribution in [0.5, 0.6) is 5.75 Å². The molecule has 28 heavy (non-hydrogen) atoms. The van der Waals surface area contributed by atoms with Crippen LogP contribution in [0.4, 0.5) is 0 Å². The van der Waals surface area contributed by atoms with Gasteiger partial charge in [-0.2, -0.15) is 0 Å². The van der Waals surface area contributed by atoms with Crippen LogP contribution in [0, 0.1) is 0 Å². The van der Waals surface area contributed by atoms with Crippen LogP contribution in [-0.2, 0) is 9.84 Å². The minimum Gasteiger partial charge on any atom is -0.492 e. The van der Waals surface area contributed by atoms with Crippen molar-refractivity contribution in [2.45, 2.75) is 11.3 Å². The number of ether oxygens (including phenoxy) is 1. The summed E-state index contributed by atoms with van der Waals surface area (Å²) in [6.45, 7) is 1.73. The Morgan fingerprint density at radius 2 is 1.68 bits per heavy atom. The van der Waals surface area contributed by atoms with Gasteiger partial charge in [0.05, 0.1) is 17.2 Å². The zero-order valence-electron chi connectivity index (χ0n) is 16.2. The van der Waals surface area contributed by atoms with E-state index in [2.05, 4.69) is 10.3 Å². The normalized spacial score (nSPS) is 11.4. The van der Waals surface area contributed by atoms with Crippen molar-refractivity contribution < 1.29 is 13.2 Å². The number of benzene rings is 2. The molecule has 0 aliphatic rings. The van der Waals surface area contributed by atoms with E-state index in [0.717, 1.165) is 5.75 Å². The van der Waals surface area contributed by atoms with E-state index in [-0.39, 0.29) is 29.7 Å². The van der Waals surface area contributed by atoms with Gasteiger partial charge in [-0.15, -0.1) is 24.0 Å². The number of rotatable bonds is 9. The van der Waals surface area contributed by atoms with E-state index in [1.165, 1.54) is 0 Å². The van der Waals surface area contributed by atoms with Crippen molar-refractivity contribution in [3.05, 3.63) is 60.7 Å². The summed E-state index contributed by atoms with van der Waals surface area (Å²) in [7, 11) is 0.383. The molecule has 154 valence electrons. The lowest BCUT2D eigenvalue weighted by molar-refractivity contribution is 0.281. The van der Waals surface area contributed by atoms with E-state index >= 15 is 0 Å². The molecule has 1 N–H and O–H groups in total. The summed E-state index contributed by atoms with van der Waals surface area (Å²) in [4.78, 5) is 6.55. The highest BCUT2D eigenvalue weighted by molar-refractivity contribution is 14.0. The quantitative estimate of drug-likeness (QED) is 0.240. The number of aliphatic imine (C=N–C) groups is 1. The van der Waals surface area contributed by atoms with Gasteiger partial charge in [0.2, 0.25) is 0 Å². The topological polar surface area (TPSA) is 71.0 Å². The molecule has 0 amide bonds. The molecule has 0 heterocycles. The summed E-state index contributed by atoms with van der Waals surface area (Å²) in [6, 6.07) is 18.2. The van der Waals surface area contributed by atoms with E-state index in [9.17, 15) is 8.42 Å². The SMILES string of the molecule is CN=C(NCCCS(=O)(=O)c1ccccc1)N(C)CCOc1ccccc1.I. The lowest BCUT2D eigenvalue weighted by Crippen LogP contribution is -2.41. The van der Waals surface area contributed by atoms with Crippen LogP contribution in [0.2, 0.25) is 0 Å². The second-order valence-corrected chi connectivity index (χ2v) is 8.15. The van der Waals surface area contributed by atoms with Crippen molar-refractivity contribution in [2.24, 2.45) is 4.99 Å². The summed E-state index contributed by atoms with van der Waals surface area (Å²) in [5.74, 6) is 1.64. The highest BCUT2D eigenvalue weighted by Crippen LogP contribution is 2.11.